The van der Waals surface area contributed by atoms with Crippen LogP contribution in [0.3, 0.4) is 0 Å². The number of anilines is 3. The molecule has 0 aliphatic heterocycles. The standard InChI is InChI=1S/C24H30N3OP/c1-25(2)19-7-13-22(14-8-19)29(28,23-15-9-20(10-16-23)26(3)4)24-17-11-21(12-18-24)27(5)6/h7-18H,1-6H3. The van der Waals surface area contributed by atoms with Gasteiger partial charge in [-0.3, -0.25) is 0 Å². The number of rotatable bonds is 6. The molecule has 0 unspecified atom stereocenters. The largest absolute Gasteiger partial charge is 0.378 e. The van der Waals surface area contributed by atoms with E-state index in [4.69, 9.17) is 0 Å². The number of nitrogens with zero attached hydrogens (tertiary/aromatic N) is 3. The van der Waals surface area contributed by atoms with Crippen molar-refractivity contribution in [2.45, 2.75) is 0 Å². The summed E-state index contributed by atoms with van der Waals surface area (Å²) in [5.41, 5.74) is 3.27. The van der Waals surface area contributed by atoms with E-state index in [0.717, 1.165) is 33.0 Å². The van der Waals surface area contributed by atoms with Crippen LogP contribution in [0.4, 0.5) is 17.1 Å². The van der Waals surface area contributed by atoms with Gasteiger partial charge < -0.3 is 19.3 Å². The van der Waals surface area contributed by atoms with Crippen molar-refractivity contribution in [1.82, 2.24) is 0 Å². The van der Waals surface area contributed by atoms with Crippen LogP contribution in [-0.4, -0.2) is 42.3 Å². The van der Waals surface area contributed by atoms with E-state index >= 15 is 0 Å². The van der Waals surface area contributed by atoms with Crippen LogP contribution in [0.15, 0.2) is 72.8 Å². The molecule has 0 saturated carbocycles. The minimum Gasteiger partial charge on any atom is -0.378 e. The van der Waals surface area contributed by atoms with Gasteiger partial charge in [-0.25, -0.2) is 0 Å². The van der Waals surface area contributed by atoms with Gasteiger partial charge in [-0.15, -0.1) is 0 Å². The van der Waals surface area contributed by atoms with Gasteiger partial charge in [-0.1, -0.05) is 0 Å². The van der Waals surface area contributed by atoms with Crippen molar-refractivity contribution in [3.05, 3.63) is 72.8 Å². The maximum atomic E-state index is 14.6. The molecule has 152 valence electrons. The number of benzene rings is 3. The Hall–Kier alpha value is -2.71. The third-order valence-corrected chi connectivity index (χ3v) is 8.27. The van der Waals surface area contributed by atoms with Gasteiger partial charge in [0.25, 0.3) is 0 Å². The van der Waals surface area contributed by atoms with Crippen molar-refractivity contribution >= 4 is 40.1 Å². The fourth-order valence-corrected chi connectivity index (χ4v) is 5.93. The lowest BCUT2D eigenvalue weighted by molar-refractivity contribution is 0.592. The first-order valence-electron chi connectivity index (χ1n) is 9.67. The van der Waals surface area contributed by atoms with Gasteiger partial charge in [0, 0.05) is 75.3 Å². The van der Waals surface area contributed by atoms with Crippen molar-refractivity contribution in [3.63, 3.8) is 0 Å². The summed E-state index contributed by atoms with van der Waals surface area (Å²) in [6.45, 7) is 0. The molecule has 0 aliphatic carbocycles. The van der Waals surface area contributed by atoms with Gasteiger partial charge in [-0.2, -0.15) is 0 Å². The van der Waals surface area contributed by atoms with Gasteiger partial charge in [0.1, 0.15) is 0 Å². The molecule has 0 radical (unpaired) electrons. The molecule has 0 aromatic heterocycles. The predicted octanol–water partition coefficient (Wildman–Crippen LogP) is 3.52. The molecule has 4 nitrogen and oxygen atoms in total. The highest BCUT2D eigenvalue weighted by Gasteiger charge is 2.30. The summed E-state index contributed by atoms with van der Waals surface area (Å²) < 4.78 is 14.6. The van der Waals surface area contributed by atoms with Gasteiger partial charge in [0.15, 0.2) is 7.14 Å². The fraction of sp³-hybridized carbons (Fsp3) is 0.250. The van der Waals surface area contributed by atoms with Gasteiger partial charge in [-0.05, 0) is 72.8 Å². The Morgan fingerprint density at radius 2 is 0.655 bits per heavy atom. The van der Waals surface area contributed by atoms with Gasteiger partial charge in [0.2, 0.25) is 0 Å². The molecular formula is C24H30N3OP. The minimum atomic E-state index is -2.98. The fourth-order valence-electron chi connectivity index (χ4n) is 3.33. The molecule has 29 heavy (non-hydrogen) atoms. The van der Waals surface area contributed by atoms with E-state index in [2.05, 4.69) is 0 Å². The van der Waals surface area contributed by atoms with Crippen LogP contribution >= 0.6 is 7.14 Å². The van der Waals surface area contributed by atoms with Crippen molar-refractivity contribution in [3.8, 4) is 0 Å². The van der Waals surface area contributed by atoms with Gasteiger partial charge in [0.05, 0.1) is 0 Å². The molecule has 0 saturated heterocycles. The Balaban J connectivity index is 2.15. The SMILES string of the molecule is CN(C)c1ccc(P(=O)(c2ccc(N(C)C)cc2)c2ccc(N(C)C)cc2)cc1. The molecule has 0 amide bonds. The highest BCUT2D eigenvalue weighted by Crippen LogP contribution is 2.43. The van der Waals surface area contributed by atoms with Crippen LogP contribution in [0.1, 0.15) is 0 Å². The summed E-state index contributed by atoms with van der Waals surface area (Å²) in [6, 6.07) is 24.2. The Morgan fingerprint density at radius 1 is 0.448 bits per heavy atom. The summed E-state index contributed by atoms with van der Waals surface area (Å²) in [5, 5.41) is 2.54. The molecule has 0 heterocycles. The minimum absolute atomic E-state index is 0.846. The van der Waals surface area contributed by atoms with E-state index in [1.165, 1.54) is 0 Å². The first-order valence-corrected chi connectivity index (χ1v) is 11.4. The van der Waals surface area contributed by atoms with E-state index in [1.54, 1.807) is 0 Å². The van der Waals surface area contributed by atoms with Crippen LogP contribution < -0.4 is 30.6 Å². The molecule has 0 bridgehead atoms. The maximum absolute atomic E-state index is 14.6. The Labute approximate surface area is 174 Å². The van der Waals surface area contributed by atoms with Crippen molar-refractivity contribution in [2.24, 2.45) is 0 Å². The van der Waals surface area contributed by atoms with Crippen LogP contribution in [0, 0.1) is 0 Å². The monoisotopic (exact) mass is 407 g/mol. The molecule has 0 N–H and O–H groups in total. The van der Waals surface area contributed by atoms with E-state index in [9.17, 15) is 4.57 Å². The van der Waals surface area contributed by atoms with Crippen LogP contribution in [0.25, 0.3) is 0 Å². The predicted molar refractivity (Wildman–Crippen MR) is 129 cm³/mol. The second-order valence-corrected chi connectivity index (χ2v) is 10.6. The zero-order valence-corrected chi connectivity index (χ0v) is 19.0. The maximum Gasteiger partial charge on any atom is 0.171 e. The highest BCUT2D eigenvalue weighted by atomic mass is 31.2. The topological polar surface area (TPSA) is 26.8 Å². The third kappa shape index (κ3) is 4.18. The van der Waals surface area contributed by atoms with E-state index < -0.39 is 7.14 Å². The molecule has 5 heteroatoms. The van der Waals surface area contributed by atoms with Crippen LogP contribution in [-0.2, 0) is 4.57 Å². The lowest BCUT2D eigenvalue weighted by Gasteiger charge is -2.23. The average molecular weight is 407 g/mol. The van der Waals surface area contributed by atoms with E-state index in [1.807, 2.05) is 130 Å². The Bertz CT molecular complexity index is 860. The molecule has 0 fully saturated rings. The molecule has 3 aromatic carbocycles. The lowest BCUT2D eigenvalue weighted by Crippen LogP contribution is -2.26. The van der Waals surface area contributed by atoms with Crippen molar-refractivity contribution in [1.29, 1.82) is 0 Å². The zero-order chi connectivity index (χ0) is 21.2. The molecule has 3 aromatic rings. The van der Waals surface area contributed by atoms with Crippen molar-refractivity contribution in [2.75, 3.05) is 57.0 Å². The summed E-state index contributed by atoms with van der Waals surface area (Å²) in [5.74, 6) is 0. The number of hydrogen-bond donors (Lipinski definition) is 0. The molecule has 0 spiro atoms. The summed E-state index contributed by atoms with van der Waals surface area (Å²) in [4.78, 5) is 6.14. The summed E-state index contributed by atoms with van der Waals surface area (Å²) in [6.07, 6.45) is 0. The van der Waals surface area contributed by atoms with Crippen LogP contribution in [0.2, 0.25) is 0 Å². The highest BCUT2D eigenvalue weighted by molar-refractivity contribution is 7.85. The molecule has 0 aliphatic rings. The molecule has 0 atom stereocenters. The smallest absolute Gasteiger partial charge is 0.171 e. The van der Waals surface area contributed by atoms with E-state index in [0.29, 0.717) is 0 Å². The zero-order valence-electron chi connectivity index (χ0n) is 18.1. The number of hydrogen-bond acceptors (Lipinski definition) is 4. The Morgan fingerprint density at radius 3 is 0.828 bits per heavy atom. The third-order valence-electron chi connectivity index (χ3n) is 5.19. The quantitative estimate of drug-likeness (QED) is 0.584. The van der Waals surface area contributed by atoms with Crippen molar-refractivity contribution < 1.29 is 4.57 Å². The Kier molecular flexibility index (Phi) is 6.04. The van der Waals surface area contributed by atoms with E-state index in [-0.39, 0.29) is 0 Å². The summed E-state index contributed by atoms with van der Waals surface area (Å²) >= 11 is 0. The average Bonchev–Trinajstić information content (AvgIpc) is 2.73. The normalized spacial score (nSPS) is 11.2. The van der Waals surface area contributed by atoms with Crippen LogP contribution in [0.5, 0.6) is 0 Å². The first kappa shape index (κ1) is 21.0. The molecule has 3 rings (SSSR count). The first-order chi connectivity index (χ1) is 13.7. The second-order valence-electron chi connectivity index (χ2n) is 7.84. The van der Waals surface area contributed by atoms with Gasteiger partial charge >= 0.3 is 0 Å². The lowest BCUT2D eigenvalue weighted by atomic mass is 10.3. The molecular weight excluding hydrogens is 377 g/mol. The second kappa shape index (κ2) is 8.34. The summed E-state index contributed by atoms with van der Waals surface area (Å²) in [7, 11) is 9.07.